The van der Waals surface area contributed by atoms with Gasteiger partial charge in [0.25, 0.3) is 0 Å². The molecule has 4 heterocycles. The van der Waals surface area contributed by atoms with Crippen LogP contribution in [0, 0.1) is 11.8 Å². The number of carbonyl (C=O) groups is 1. The first-order valence-electron chi connectivity index (χ1n) is 6.83. The van der Waals surface area contributed by atoms with E-state index in [-0.39, 0.29) is 5.69 Å². The fourth-order valence-electron chi connectivity index (χ4n) is 3.87. The van der Waals surface area contributed by atoms with Crippen molar-refractivity contribution in [3.63, 3.8) is 0 Å². The first kappa shape index (κ1) is 11.2. The number of carboxylic acid groups (broad SMARTS) is 1. The maximum absolute atomic E-state index is 11.0. The normalized spacial score (nSPS) is 35.7. The molecule has 2 bridgehead atoms. The summed E-state index contributed by atoms with van der Waals surface area (Å²) in [5, 5.41) is 9.01. The Morgan fingerprint density at radius 3 is 2.58 bits per heavy atom. The predicted octanol–water partition coefficient (Wildman–Crippen LogP) is 1.39. The molecule has 0 aliphatic carbocycles. The third-order valence-corrected chi connectivity index (χ3v) is 4.73. The molecule has 1 N–H and O–H groups in total. The predicted molar refractivity (Wildman–Crippen MR) is 68.3 cm³/mol. The summed E-state index contributed by atoms with van der Waals surface area (Å²) in [5.74, 6) is 1.03. The van der Waals surface area contributed by atoms with Gasteiger partial charge in [-0.3, -0.25) is 0 Å². The molecule has 3 fully saturated rings. The van der Waals surface area contributed by atoms with Crippen molar-refractivity contribution in [1.82, 2.24) is 4.98 Å². The Balaban J connectivity index is 1.58. The molecular formula is C14H16N2O3. The van der Waals surface area contributed by atoms with Gasteiger partial charge in [0, 0.05) is 24.9 Å². The number of ether oxygens (including phenoxy) is 1. The molecule has 3 aliphatic rings. The third kappa shape index (κ3) is 1.64. The van der Waals surface area contributed by atoms with Gasteiger partial charge >= 0.3 is 5.97 Å². The van der Waals surface area contributed by atoms with Crippen molar-refractivity contribution in [3.05, 3.63) is 23.9 Å². The highest BCUT2D eigenvalue weighted by atomic mass is 16.5. The van der Waals surface area contributed by atoms with Crippen LogP contribution in [0.4, 0.5) is 5.82 Å². The van der Waals surface area contributed by atoms with E-state index in [1.807, 2.05) is 6.07 Å². The molecule has 0 aromatic carbocycles. The van der Waals surface area contributed by atoms with Gasteiger partial charge in [0.15, 0.2) is 5.69 Å². The van der Waals surface area contributed by atoms with E-state index in [0.717, 1.165) is 18.9 Å². The number of carboxylic acids is 1. The summed E-state index contributed by atoms with van der Waals surface area (Å²) in [6.45, 7) is 1.89. The highest BCUT2D eigenvalue weighted by Crippen LogP contribution is 2.47. The second-order valence-electron chi connectivity index (χ2n) is 5.71. The van der Waals surface area contributed by atoms with E-state index < -0.39 is 5.97 Å². The number of aromatic carboxylic acids is 1. The van der Waals surface area contributed by atoms with Crippen molar-refractivity contribution in [2.45, 2.75) is 25.0 Å². The first-order chi connectivity index (χ1) is 9.22. The van der Waals surface area contributed by atoms with Crippen molar-refractivity contribution in [1.29, 1.82) is 0 Å². The van der Waals surface area contributed by atoms with Gasteiger partial charge in [0.2, 0.25) is 0 Å². The van der Waals surface area contributed by atoms with E-state index in [4.69, 9.17) is 9.84 Å². The van der Waals surface area contributed by atoms with E-state index >= 15 is 0 Å². The van der Waals surface area contributed by atoms with Crippen molar-refractivity contribution in [2.24, 2.45) is 11.8 Å². The molecule has 0 amide bonds. The fourth-order valence-corrected chi connectivity index (χ4v) is 3.87. The number of hydrogen-bond acceptors (Lipinski definition) is 4. The van der Waals surface area contributed by atoms with Gasteiger partial charge < -0.3 is 14.7 Å². The summed E-state index contributed by atoms with van der Waals surface area (Å²) >= 11 is 0. The molecule has 1 aromatic rings. The molecular weight excluding hydrogens is 244 g/mol. The van der Waals surface area contributed by atoms with Crippen molar-refractivity contribution in [2.75, 3.05) is 18.0 Å². The lowest BCUT2D eigenvalue weighted by molar-refractivity contribution is 0.0690. The van der Waals surface area contributed by atoms with Gasteiger partial charge in [0.05, 0.1) is 12.2 Å². The molecule has 3 saturated heterocycles. The van der Waals surface area contributed by atoms with E-state index in [1.165, 1.54) is 18.9 Å². The van der Waals surface area contributed by atoms with Gasteiger partial charge in [-0.2, -0.15) is 0 Å². The molecule has 4 rings (SSSR count). The minimum absolute atomic E-state index is 0.119. The van der Waals surface area contributed by atoms with Crippen LogP contribution in [0.25, 0.3) is 0 Å². The van der Waals surface area contributed by atoms with Crippen molar-refractivity contribution in [3.8, 4) is 0 Å². The summed E-state index contributed by atoms with van der Waals surface area (Å²) < 4.78 is 5.94. The van der Waals surface area contributed by atoms with E-state index in [1.54, 1.807) is 6.07 Å². The largest absolute Gasteiger partial charge is 0.477 e. The second-order valence-corrected chi connectivity index (χ2v) is 5.71. The van der Waals surface area contributed by atoms with E-state index in [2.05, 4.69) is 9.88 Å². The van der Waals surface area contributed by atoms with Crippen LogP contribution in [0.2, 0.25) is 0 Å². The summed E-state index contributed by atoms with van der Waals surface area (Å²) in [4.78, 5) is 17.4. The molecule has 0 radical (unpaired) electrons. The summed E-state index contributed by atoms with van der Waals surface area (Å²) in [6.07, 6.45) is 3.20. The SMILES string of the molecule is O=C(O)c1cccc(N2CC3C4CCC(O4)C3C2)n1. The molecule has 0 spiro atoms. The Morgan fingerprint density at radius 1 is 1.26 bits per heavy atom. The van der Waals surface area contributed by atoms with Crippen LogP contribution in [0.5, 0.6) is 0 Å². The number of rotatable bonds is 2. The quantitative estimate of drug-likeness (QED) is 0.870. The maximum atomic E-state index is 11.0. The minimum Gasteiger partial charge on any atom is -0.477 e. The standard InChI is InChI=1S/C14H16N2O3/c17-14(18)10-2-1-3-13(15-10)16-6-8-9(7-16)12-5-4-11(8)19-12/h1-3,8-9,11-12H,4-7H2,(H,17,18). The van der Waals surface area contributed by atoms with E-state index in [9.17, 15) is 4.79 Å². The van der Waals surface area contributed by atoms with Gasteiger partial charge in [0.1, 0.15) is 5.82 Å². The molecule has 4 unspecified atom stereocenters. The number of hydrogen-bond donors (Lipinski definition) is 1. The molecule has 1 aromatic heterocycles. The van der Waals surface area contributed by atoms with Gasteiger partial charge in [-0.25, -0.2) is 9.78 Å². The average Bonchev–Trinajstić information content (AvgIpc) is 3.11. The zero-order valence-electron chi connectivity index (χ0n) is 10.5. The summed E-state index contributed by atoms with van der Waals surface area (Å²) in [6, 6.07) is 5.21. The summed E-state index contributed by atoms with van der Waals surface area (Å²) in [7, 11) is 0. The topological polar surface area (TPSA) is 62.7 Å². The number of anilines is 1. The lowest BCUT2D eigenvalue weighted by Gasteiger charge is -2.19. The van der Waals surface area contributed by atoms with Crippen LogP contribution in [0.3, 0.4) is 0 Å². The third-order valence-electron chi connectivity index (χ3n) is 4.73. The zero-order chi connectivity index (χ0) is 13.0. The number of pyridine rings is 1. The highest BCUT2D eigenvalue weighted by molar-refractivity contribution is 5.85. The lowest BCUT2D eigenvalue weighted by atomic mass is 9.82. The fraction of sp³-hybridized carbons (Fsp3) is 0.571. The number of nitrogens with zero attached hydrogens (tertiary/aromatic N) is 2. The monoisotopic (exact) mass is 260 g/mol. The molecule has 0 saturated carbocycles. The molecule has 4 atom stereocenters. The molecule has 5 nitrogen and oxygen atoms in total. The van der Waals surface area contributed by atoms with Crippen LogP contribution in [-0.2, 0) is 4.74 Å². The maximum Gasteiger partial charge on any atom is 0.354 e. The Morgan fingerprint density at radius 2 is 1.95 bits per heavy atom. The Hall–Kier alpha value is -1.62. The van der Waals surface area contributed by atoms with Crippen molar-refractivity contribution >= 4 is 11.8 Å². The molecule has 5 heteroatoms. The zero-order valence-corrected chi connectivity index (χ0v) is 10.5. The molecule has 100 valence electrons. The Kier molecular flexibility index (Phi) is 2.33. The molecule has 19 heavy (non-hydrogen) atoms. The molecule has 3 aliphatic heterocycles. The van der Waals surface area contributed by atoms with Crippen LogP contribution < -0.4 is 4.90 Å². The van der Waals surface area contributed by atoms with Crippen LogP contribution in [0.1, 0.15) is 23.3 Å². The number of aromatic nitrogens is 1. The van der Waals surface area contributed by atoms with Gasteiger partial charge in [-0.05, 0) is 25.0 Å². The van der Waals surface area contributed by atoms with Crippen LogP contribution in [0.15, 0.2) is 18.2 Å². The lowest BCUT2D eigenvalue weighted by Crippen LogP contribution is -2.25. The minimum atomic E-state index is -0.968. The van der Waals surface area contributed by atoms with Crippen molar-refractivity contribution < 1.29 is 14.6 Å². The second kappa shape index (κ2) is 3.93. The smallest absolute Gasteiger partial charge is 0.354 e. The van der Waals surface area contributed by atoms with Crippen LogP contribution >= 0.6 is 0 Å². The van der Waals surface area contributed by atoms with Crippen LogP contribution in [-0.4, -0.2) is 41.4 Å². The van der Waals surface area contributed by atoms with Gasteiger partial charge in [-0.1, -0.05) is 6.07 Å². The Bertz CT molecular complexity index is 515. The first-order valence-corrected chi connectivity index (χ1v) is 6.83. The average molecular weight is 260 g/mol. The number of fused-ring (bicyclic) bond motifs is 5. The van der Waals surface area contributed by atoms with E-state index in [0.29, 0.717) is 24.0 Å². The highest BCUT2D eigenvalue weighted by Gasteiger charge is 2.53. The Labute approximate surface area is 111 Å². The van der Waals surface area contributed by atoms with Gasteiger partial charge in [-0.15, -0.1) is 0 Å². The summed E-state index contributed by atoms with van der Waals surface area (Å²) in [5.41, 5.74) is 0.119.